The summed E-state index contributed by atoms with van der Waals surface area (Å²) >= 11 is 6.36. The lowest BCUT2D eigenvalue weighted by atomic mass is 10.6. The number of hydrogen-bond donors (Lipinski definition) is 1. The molecular weight excluding hydrogens is 284 g/mol. The molecule has 0 aliphatic carbocycles. The molecule has 0 saturated carbocycles. The van der Waals surface area contributed by atoms with Crippen LogP contribution in [-0.4, -0.2) is 15.0 Å². The smallest absolute Gasteiger partial charge is 0.156 e. The Kier molecular flexibility index (Phi) is 2.99. The summed E-state index contributed by atoms with van der Waals surface area (Å²) in [5.41, 5.74) is 5.62. The summed E-state index contributed by atoms with van der Waals surface area (Å²) in [5, 5.41) is 2.70. The minimum absolute atomic E-state index is 0.444. The molecule has 0 bridgehead atoms. The van der Waals surface area contributed by atoms with E-state index in [0.29, 0.717) is 5.82 Å². The van der Waals surface area contributed by atoms with Crippen molar-refractivity contribution in [1.29, 1.82) is 0 Å². The number of halogens is 1. The number of hydrogen-bond acceptors (Lipinski definition) is 6. The molecule has 2 aromatic rings. The van der Waals surface area contributed by atoms with Crippen molar-refractivity contribution >= 4 is 44.8 Å². The quantitative estimate of drug-likeness (QED) is 0.860. The molecule has 2 rings (SSSR count). The molecule has 7 heteroatoms. The lowest BCUT2D eigenvalue weighted by Gasteiger charge is -2.01. The number of nitrogens with zero attached hydrogens (tertiary/aromatic N) is 3. The second-order valence-corrected chi connectivity index (χ2v) is 5.20. The summed E-state index contributed by atoms with van der Waals surface area (Å²) in [4.78, 5) is 12.1. The molecule has 2 aromatic heterocycles. The first kappa shape index (κ1) is 9.88. The molecule has 0 atom stereocenters. The minimum Gasteiger partial charge on any atom is -0.383 e. The molecule has 0 unspecified atom stereocenters. The SMILES string of the molecule is Nc1ncnc(Sc2nccs2)c1Br. The normalized spacial score (nSPS) is 10.4. The molecule has 0 aromatic carbocycles. The van der Waals surface area contributed by atoms with Gasteiger partial charge in [-0.3, -0.25) is 0 Å². The number of rotatable bonds is 2. The van der Waals surface area contributed by atoms with Gasteiger partial charge in [-0.05, 0) is 27.7 Å². The van der Waals surface area contributed by atoms with Crippen molar-refractivity contribution in [3.8, 4) is 0 Å². The monoisotopic (exact) mass is 288 g/mol. The van der Waals surface area contributed by atoms with Crippen LogP contribution in [0.5, 0.6) is 0 Å². The van der Waals surface area contributed by atoms with E-state index in [1.165, 1.54) is 18.1 Å². The fourth-order valence-electron chi connectivity index (χ4n) is 0.781. The molecular formula is C7H5BrN4S2. The Bertz CT molecular complexity index is 431. The second kappa shape index (κ2) is 4.24. The zero-order chi connectivity index (χ0) is 9.97. The van der Waals surface area contributed by atoms with Crippen molar-refractivity contribution in [1.82, 2.24) is 15.0 Å². The van der Waals surface area contributed by atoms with Crippen LogP contribution in [0.25, 0.3) is 0 Å². The maximum atomic E-state index is 5.62. The number of nitrogens with two attached hydrogens (primary N) is 1. The Morgan fingerprint density at radius 3 is 2.93 bits per heavy atom. The second-order valence-electron chi connectivity index (χ2n) is 2.28. The van der Waals surface area contributed by atoms with Gasteiger partial charge in [0.25, 0.3) is 0 Å². The van der Waals surface area contributed by atoms with Gasteiger partial charge in [0.05, 0.1) is 4.47 Å². The van der Waals surface area contributed by atoms with Crippen LogP contribution in [0.3, 0.4) is 0 Å². The summed E-state index contributed by atoms with van der Waals surface area (Å²) in [7, 11) is 0. The fourth-order valence-corrected chi connectivity index (χ4v) is 2.76. The van der Waals surface area contributed by atoms with Crippen molar-refractivity contribution < 1.29 is 0 Å². The van der Waals surface area contributed by atoms with Gasteiger partial charge in [0, 0.05) is 11.6 Å². The molecule has 0 spiro atoms. The van der Waals surface area contributed by atoms with Crippen LogP contribution in [0.4, 0.5) is 5.82 Å². The predicted octanol–water partition coefficient (Wildman–Crippen LogP) is 2.43. The van der Waals surface area contributed by atoms with E-state index in [1.54, 1.807) is 17.5 Å². The Hall–Kier alpha value is -0.660. The Labute approximate surface area is 97.1 Å². The summed E-state index contributed by atoms with van der Waals surface area (Å²) < 4.78 is 1.66. The molecule has 2 N–H and O–H groups in total. The first-order valence-corrected chi connectivity index (χ1v) is 6.09. The fraction of sp³-hybridized carbons (Fsp3) is 0. The summed E-state index contributed by atoms with van der Waals surface area (Å²) in [5.74, 6) is 0.444. The molecule has 72 valence electrons. The summed E-state index contributed by atoms with van der Waals surface area (Å²) in [6, 6.07) is 0. The molecule has 2 heterocycles. The van der Waals surface area contributed by atoms with Crippen molar-refractivity contribution in [3.05, 3.63) is 22.4 Å². The van der Waals surface area contributed by atoms with E-state index < -0.39 is 0 Å². The highest BCUT2D eigenvalue weighted by Gasteiger charge is 2.08. The third-order valence-corrected chi connectivity index (χ3v) is 4.31. The third kappa shape index (κ3) is 2.05. The third-order valence-electron chi connectivity index (χ3n) is 1.38. The molecule has 0 radical (unpaired) electrons. The first-order valence-electron chi connectivity index (χ1n) is 3.60. The van der Waals surface area contributed by atoms with Crippen LogP contribution in [0, 0.1) is 0 Å². The summed E-state index contributed by atoms with van der Waals surface area (Å²) in [6.45, 7) is 0. The molecule has 0 aliphatic heterocycles. The highest BCUT2D eigenvalue weighted by molar-refractivity contribution is 9.10. The van der Waals surface area contributed by atoms with Crippen molar-refractivity contribution in [2.45, 2.75) is 9.37 Å². The minimum atomic E-state index is 0.444. The Balaban J connectivity index is 2.29. The lowest BCUT2D eigenvalue weighted by Crippen LogP contribution is -1.94. The van der Waals surface area contributed by atoms with E-state index in [1.807, 2.05) is 5.38 Å². The molecule has 0 aliphatic rings. The summed E-state index contributed by atoms with van der Waals surface area (Å²) in [6.07, 6.45) is 3.20. The van der Waals surface area contributed by atoms with E-state index >= 15 is 0 Å². The molecule has 14 heavy (non-hydrogen) atoms. The Morgan fingerprint density at radius 1 is 1.36 bits per heavy atom. The van der Waals surface area contributed by atoms with E-state index in [0.717, 1.165) is 13.8 Å². The number of thiazole rings is 1. The van der Waals surface area contributed by atoms with Gasteiger partial charge in [0.15, 0.2) is 4.34 Å². The lowest BCUT2D eigenvalue weighted by molar-refractivity contribution is 1.03. The highest BCUT2D eigenvalue weighted by Crippen LogP contribution is 2.34. The zero-order valence-corrected chi connectivity index (χ0v) is 10.1. The average molecular weight is 289 g/mol. The van der Waals surface area contributed by atoms with Crippen LogP contribution in [0.2, 0.25) is 0 Å². The Morgan fingerprint density at radius 2 is 2.21 bits per heavy atom. The van der Waals surface area contributed by atoms with Gasteiger partial charge in [-0.2, -0.15) is 0 Å². The van der Waals surface area contributed by atoms with Gasteiger partial charge in [0.2, 0.25) is 0 Å². The molecule has 0 amide bonds. The van der Waals surface area contributed by atoms with Gasteiger partial charge in [0.1, 0.15) is 17.2 Å². The van der Waals surface area contributed by atoms with E-state index in [-0.39, 0.29) is 0 Å². The zero-order valence-electron chi connectivity index (χ0n) is 6.85. The number of anilines is 1. The molecule has 4 nitrogen and oxygen atoms in total. The molecule has 0 fully saturated rings. The van der Waals surface area contributed by atoms with E-state index in [2.05, 4.69) is 30.9 Å². The van der Waals surface area contributed by atoms with E-state index in [9.17, 15) is 0 Å². The number of aromatic nitrogens is 3. The van der Waals surface area contributed by atoms with Gasteiger partial charge in [-0.1, -0.05) is 0 Å². The topological polar surface area (TPSA) is 64.7 Å². The van der Waals surface area contributed by atoms with Crippen LogP contribution >= 0.6 is 39.0 Å². The van der Waals surface area contributed by atoms with Gasteiger partial charge < -0.3 is 5.73 Å². The van der Waals surface area contributed by atoms with Crippen LogP contribution in [0.1, 0.15) is 0 Å². The maximum absolute atomic E-state index is 5.62. The van der Waals surface area contributed by atoms with Crippen molar-refractivity contribution in [2.75, 3.05) is 5.73 Å². The van der Waals surface area contributed by atoms with Crippen LogP contribution < -0.4 is 5.73 Å². The largest absolute Gasteiger partial charge is 0.383 e. The van der Waals surface area contributed by atoms with E-state index in [4.69, 9.17) is 5.73 Å². The average Bonchev–Trinajstić information content (AvgIpc) is 2.66. The predicted molar refractivity (Wildman–Crippen MR) is 60.4 cm³/mol. The molecule has 0 saturated heterocycles. The van der Waals surface area contributed by atoms with Crippen LogP contribution in [0.15, 0.2) is 31.7 Å². The first-order chi connectivity index (χ1) is 6.77. The standard InChI is InChI=1S/C7H5BrN4S2/c8-4-5(9)11-3-12-6(4)14-7-10-1-2-13-7/h1-3H,(H2,9,11,12). The van der Waals surface area contributed by atoms with Crippen LogP contribution in [-0.2, 0) is 0 Å². The van der Waals surface area contributed by atoms with Crippen molar-refractivity contribution in [2.24, 2.45) is 0 Å². The maximum Gasteiger partial charge on any atom is 0.156 e. The van der Waals surface area contributed by atoms with Gasteiger partial charge in [-0.25, -0.2) is 15.0 Å². The van der Waals surface area contributed by atoms with Gasteiger partial charge in [-0.15, -0.1) is 11.3 Å². The van der Waals surface area contributed by atoms with Crippen molar-refractivity contribution in [3.63, 3.8) is 0 Å². The highest BCUT2D eigenvalue weighted by atomic mass is 79.9. The van der Waals surface area contributed by atoms with Gasteiger partial charge >= 0.3 is 0 Å². The number of nitrogen functional groups attached to an aromatic ring is 1.